The lowest BCUT2D eigenvalue weighted by atomic mass is 9.83. The first-order valence-corrected chi connectivity index (χ1v) is 11.7. The Morgan fingerprint density at radius 3 is 2.00 bits per heavy atom. The molecule has 0 aliphatic heterocycles. The van der Waals surface area contributed by atoms with E-state index >= 15 is 0 Å². The van der Waals surface area contributed by atoms with E-state index in [0.717, 1.165) is 24.0 Å². The Labute approximate surface area is 179 Å². The van der Waals surface area contributed by atoms with Crippen molar-refractivity contribution in [3.63, 3.8) is 0 Å². The topological polar surface area (TPSA) is 46.5 Å². The molecule has 0 bridgehead atoms. The summed E-state index contributed by atoms with van der Waals surface area (Å²) in [5.74, 6) is -0.498. The van der Waals surface area contributed by atoms with Gasteiger partial charge in [0.15, 0.2) is 0 Å². The molecular weight excluding hydrogens is 360 g/mol. The van der Waals surface area contributed by atoms with Crippen molar-refractivity contribution < 1.29 is 14.6 Å². The highest BCUT2D eigenvalue weighted by Crippen LogP contribution is 2.35. The van der Waals surface area contributed by atoms with Gasteiger partial charge in [0, 0.05) is 5.56 Å². The van der Waals surface area contributed by atoms with Crippen molar-refractivity contribution in [2.75, 3.05) is 6.61 Å². The number of unbranched alkanes of at least 4 members (excludes halogenated alkanes) is 9. The van der Waals surface area contributed by atoms with E-state index in [4.69, 9.17) is 4.74 Å². The lowest BCUT2D eigenvalue weighted by molar-refractivity contribution is -0.145. The van der Waals surface area contributed by atoms with Crippen LogP contribution >= 0.6 is 0 Å². The van der Waals surface area contributed by atoms with Gasteiger partial charge in [-0.3, -0.25) is 4.79 Å². The molecule has 3 heteroatoms. The number of esters is 1. The molecule has 0 amide bonds. The maximum atomic E-state index is 12.5. The number of hydrogen-bond acceptors (Lipinski definition) is 3. The van der Waals surface area contributed by atoms with E-state index in [1.54, 1.807) is 0 Å². The fraction of sp³-hybridized carbons (Fsp3) is 0.731. The smallest absolute Gasteiger partial charge is 0.313 e. The minimum Gasteiger partial charge on any atom is -0.507 e. The van der Waals surface area contributed by atoms with Crippen LogP contribution < -0.4 is 0 Å². The van der Waals surface area contributed by atoms with Crippen molar-refractivity contribution in [1.82, 2.24) is 0 Å². The molecule has 0 aromatic heterocycles. The van der Waals surface area contributed by atoms with Crippen LogP contribution in [0.15, 0.2) is 12.1 Å². The van der Waals surface area contributed by atoms with Crippen LogP contribution in [0.4, 0.5) is 0 Å². The molecule has 1 rings (SSSR count). The van der Waals surface area contributed by atoms with Crippen molar-refractivity contribution in [1.29, 1.82) is 0 Å². The van der Waals surface area contributed by atoms with Gasteiger partial charge in [0.1, 0.15) is 5.75 Å². The Kier molecular flexibility index (Phi) is 11.4. The highest BCUT2D eigenvalue weighted by molar-refractivity contribution is 5.79. The first-order valence-electron chi connectivity index (χ1n) is 11.7. The first kappa shape index (κ1) is 25.5. The Balaban J connectivity index is 2.36. The lowest BCUT2D eigenvalue weighted by Crippen LogP contribution is -2.17. The Morgan fingerprint density at radius 1 is 0.966 bits per heavy atom. The molecule has 0 aliphatic carbocycles. The zero-order chi connectivity index (χ0) is 21.9. The second-order valence-electron chi connectivity index (χ2n) is 9.55. The van der Waals surface area contributed by atoms with Crippen molar-refractivity contribution in [3.05, 3.63) is 28.8 Å². The number of ether oxygens (including phenoxy) is 1. The van der Waals surface area contributed by atoms with Crippen LogP contribution in [-0.4, -0.2) is 17.7 Å². The van der Waals surface area contributed by atoms with Gasteiger partial charge in [-0.2, -0.15) is 0 Å². The number of rotatable bonds is 13. The summed E-state index contributed by atoms with van der Waals surface area (Å²) in [5, 5.41) is 10.5. The van der Waals surface area contributed by atoms with Crippen LogP contribution in [0.2, 0.25) is 0 Å². The molecular formula is C26H44O3. The zero-order valence-corrected chi connectivity index (χ0v) is 19.8. The summed E-state index contributed by atoms with van der Waals surface area (Å²) < 4.78 is 5.50. The molecule has 0 saturated carbocycles. The van der Waals surface area contributed by atoms with E-state index in [9.17, 15) is 9.90 Å². The minimum atomic E-state index is -0.459. The SMILES string of the molecule is CCCCCCCCCCCCOC(=O)C(C)c1cc(C(C)(C)C)cc(C)c1O. The molecule has 0 radical (unpaired) electrons. The summed E-state index contributed by atoms with van der Waals surface area (Å²) in [6.45, 7) is 12.8. The van der Waals surface area contributed by atoms with E-state index in [2.05, 4.69) is 27.7 Å². The predicted octanol–water partition coefficient (Wildman–Crippen LogP) is 7.57. The third-order valence-electron chi connectivity index (χ3n) is 5.76. The van der Waals surface area contributed by atoms with Crippen molar-refractivity contribution in [3.8, 4) is 5.75 Å². The quantitative estimate of drug-likeness (QED) is 0.272. The van der Waals surface area contributed by atoms with Gasteiger partial charge in [-0.1, -0.05) is 97.6 Å². The summed E-state index contributed by atoms with van der Waals surface area (Å²) in [7, 11) is 0. The van der Waals surface area contributed by atoms with E-state index < -0.39 is 5.92 Å². The van der Waals surface area contributed by atoms with Gasteiger partial charge in [-0.25, -0.2) is 0 Å². The van der Waals surface area contributed by atoms with E-state index in [1.165, 1.54) is 51.4 Å². The standard InChI is InChI=1S/C26H44O3/c1-7-8-9-10-11-12-13-14-15-16-17-29-25(28)21(3)23-19-22(26(4,5)6)18-20(2)24(23)27/h18-19,21,27H,7-17H2,1-6H3. The maximum Gasteiger partial charge on any atom is 0.313 e. The largest absolute Gasteiger partial charge is 0.507 e. The second kappa shape index (κ2) is 12.9. The Morgan fingerprint density at radius 2 is 1.48 bits per heavy atom. The number of phenolic OH excluding ortho intramolecular Hbond substituents is 1. The lowest BCUT2D eigenvalue weighted by Gasteiger charge is -2.23. The molecule has 29 heavy (non-hydrogen) atoms. The normalized spacial score (nSPS) is 12.8. The van der Waals surface area contributed by atoms with Crippen LogP contribution in [0.3, 0.4) is 0 Å². The van der Waals surface area contributed by atoms with Crippen LogP contribution in [0, 0.1) is 6.92 Å². The van der Waals surface area contributed by atoms with Crippen LogP contribution in [0.5, 0.6) is 5.75 Å². The minimum absolute atomic E-state index is 0.0349. The third kappa shape index (κ3) is 9.23. The summed E-state index contributed by atoms with van der Waals surface area (Å²) in [4.78, 5) is 12.5. The molecule has 0 aliphatic rings. The monoisotopic (exact) mass is 404 g/mol. The van der Waals surface area contributed by atoms with E-state index in [-0.39, 0.29) is 17.1 Å². The third-order valence-corrected chi connectivity index (χ3v) is 5.76. The number of aryl methyl sites for hydroxylation is 1. The van der Waals surface area contributed by atoms with Crippen LogP contribution in [0.25, 0.3) is 0 Å². The summed E-state index contributed by atoms with van der Waals surface area (Å²) in [6.07, 6.45) is 12.6. The van der Waals surface area contributed by atoms with Gasteiger partial charge in [0.25, 0.3) is 0 Å². The molecule has 0 fully saturated rings. The molecule has 3 nitrogen and oxygen atoms in total. The highest BCUT2D eigenvalue weighted by Gasteiger charge is 2.24. The molecule has 1 aromatic rings. The fourth-order valence-electron chi connectivity index (χ4n) is 3.58. The maximum absolute atomic E-state index is 12.5. The van der Waals surface area contributed by atoms with Crippen LogP contribution in [-0.2, 0) is 14.9 Å². The number of carbonyl (C=O) groups excluding carboxylic acids is 1. The van der Waals surface area contributed by atoms with E-state index in [1.807, 2.05) is 26.0 Å². The molecule has 1 unspecified atom stereocenters. The first-order chi connectivity index (χ1) is 13.7. The average molecular weight is 405 g/mol. The molecule has 1 atom stereocenters. The molecule has 166 valence electrons. The number of benzene rings is 1. The Bertz CT molecular complexity index is 613. The number of aromatic hydroxyl groups is 1. The Hall–Kier alpha value is -1.51. The van der Waals surface area contributed by atoms with Gasteiger partial charge in [0.2, 0.25) is 0 Å². The van der Waals surface area contributed by atoms with Gasteiger partial charge < -0.3 is 9.84 Å². The molecule has 1 N–H and O–H groups in total. The van der Waals surface area contributed by atoms with E-state index in [0.29, 0.717) is 12.2 Å². The van der Waals surface area contributed by atoms with Gasteiger partial charge in [0.05, 0.1) is 12.5 Å². The predicted molar refractivity (Wildman–Crippen MR) is 123 cm³/mol. The molecule has 0 heterocycles. The van der Waals surface area contributed by atoms with Crippen molar-refractivity contribution >= 4 is 5.97 Å². The number of hydrogen-bond donors (Lipinski definition) is 1. The number of carbonyl (C=O) groups is 1. The summed E-state index contributed by atoms with van der Waals surface area (Å²) in [6, 6.07) is 3.95. The zero-order valence-electron chi connectivity index (χ0n) is 19.8. The number of phenols is 1. The highest BCUT2D eigenvalue weighted by atomic mass is 16.5. The molecule has 0 spiro atoms. The molecule has 0 saturated heterocycles. The van der Waals surface area contributed by atoms with Gasteiger partial charge in [-0.15, -0.1) is 0 Å². The summed E-state index contributed by atoms with van der Waals surface area (Å²) >= 11 is 0. The second-order valence-corrected chi connectivity index (χ2v) is 9.55. The molecule has 1 aromatic carbocycles. The summed E-state index contributed by atoms with van der Waals surface area (Å²) in [5.41, 5.74) is 2.56. The average Bonchev–Trinajstić information content (AvgIpc) is 2.66. The van der Waals surface area contributed by atoms with Gasteiger partial charge >= 0.3 is 5.97 Å². The van der Waals surface area contributed by atoms with Crippen molar-refractivity contribution in [2.24, 2.45) is 0 Å². The fourth-order valence-corrected chi connectivity index (χ4v) is 3.58. The van der Waals surface area contributed by atoms with Gasteiger partial charge in [-0.05, 0) is 36.8 Å². The van der Waals surface area contributed by atoms with Crippen LogP contribution in [0.1, 0.15) is 121 Å². The van der Waals surface area contributed by atoms with Crippen molar-refractivity contribution in [2.45, 2.75) is 117 Å².